The zero-order valence-electron chi connectivity index (χ0n) is 11.0. The van der Waals surface area contributed by atoms with Crippen LogP contribution in [0.15, 0.2) is 0 Å². The van der Waals surface area contributed by atoms with E-state index in [2.05, 4.69) is 17.6 Å². The van der Waals surface area contributed by atoms with Crippen LogP contribution in [0.3, 0.4) is 0 Å². The molecule has 1 amide bonds. The summed E-state index contributed by atoms with van der Waals surface area (Å²) >= 11 is 0. The minimum Gasteiger partial charge on any atom is -0.352 e. The fourth-order valence-corrected chi connectivity index (χ4v) is 3.25. The molecule has 0 aromatic carbocycles. The van der Waals surface area contributed by atoms with Gasteiger partial charge in [0.2, 0.25) is 5.91 Å². The van der Waals surface area contributed by atoms with Gasteiger partial charge >= 0.3 is 0 Å². The first-order valence-electron chi connectivity index (χ1n) is 7.28. The first-order chi connectivity index (χ1) is 8.25. The lowest BCUT2D eigenvalue weighted by molar-refractivity contribution is -0.121. The summed E-state index contributed by atoms with van der Waals surface area (Å²) in [6.07, 6.45) is 10.4. The molecule has 2 saturated carbocycles. The minimum atomic E-state index is 0.177. The van der Waals surface area contributed by atoms with E-state index in [4.69, 9.17) is 0 Å². The topological polar surface area (TPSA) is 41.1 Å². The summed E-state index contributed by atoms with van der Waals surface area (Å²) in [4.78, 5) is 11.8. The Bertz CT molecular complexity index is 243. The second-order valence-corrected chi connectivity index (χ2v) is 5.76. The van der Waals surface area contributed by atoms with E-state index < -0.39 is 0 Å². The average Bonchev–Trinajstić information content (AvgIpc) is 2.99. The van der Waals surface area contributed by atoms with Crippen molar-refractivity contribution in [2.75, 3.05) is 6.54 Å². The summed E-state index contributed by atoms with van der Waals surface area (Å²) in [7, 11) is 0. The zero-order chi connectivity index (χ0) is 12.1. The van der Waals surface area contributed by atoms with Crippen molar-refractivity contribution in [3.05, 3.63) is 0 Å². The molecule has 1 atom stereocenters. The van der Waals surface area contributed by atoms with Crippen LogP contribution in [0, 0.1) is 5.92 Å². The maximum Gasteiger partial charge on any atom is 0.234 e. The van der Waals surface area contributed by atoms with E-state index >= 15 is 0 Å². The normalized spacial score (nSPS) is 24.1. The molecule has 0 saturated heterocycles. The molecule has 2 aliphatic carbocycles. The van der Waals surface area contributed by atoms with E-state index in [0.29, 0.717) is 24.5 Å². The highest BCUT2D eigenvalue weighted by Gasteiger charge is 2.23. The maximum atomic E-state index is 11.8. The molecule has 0 aromatic rings. The number of carbonyl (C=O) groups excluding carboxylic acids is 1. The quantitative estimate of drug-likeness (QED) is 0.771. The number of carbonyl (C=O) groups is 1. The van der Waals surface area contributed by atoms with Crippen LogP contribution in [0.1, 0.15) is 58.3 Å². The standard InChI is InChI=1S/C14H26N2O/c1-11(12-6-2-3-7-12)16-14(17)10-15-13-8-4-5-9-13/h11-13,15H,2-10H2,1H3,(H,16,17)/t11-/m0/s1. The van der Waals surface area contributed by atoms with Gasteiger partial charge in [0.1, 0.15) is 0 Å². The van der Waals surface area contributed by atoms with Gasteiger partial charge in [0.15, 0.2) is 0 Å². The van der Waals surface area contributed by atoms with Crippen LogP contribution >= 0.6 is 0 Å². The van der Waals surface area contributed by atoms with Gasteiger partial charge in [-0.3, -0.25) is 4.79 Å². The van der Waals surface area contributed by atoms with E-state index in [9.17, 15) is 4.79 Å². The van der Waals surface area contributed by atoms with Crippen LogP contribution in [0.5, 0.6) is 0 Å². The minimum absolute atomic E-state index is 0.177. The van der Waals surface area contributed by atoms with E-state index in [1.165, 1.54) is 51.4 Å². The summed E-state index contributed by atoms with van der Waals surface area (Å²) in [5.74, 6) is 0.890. The average molecular weight is 238 g/mol. The summed E-state index contributed by atoms with van der Waals surface area (Å²) in [6.45, 7) is 2.66. The monoisotopic (exact) mass is 238 g/mol. The number of hydrogen-bond acceptors (Lipinski definition) is 2. The Hall–Kier alpha value is -0.570. The molecule has 0 aliphatic heterocycles. The second-order valence-electron chi connectivity index (χ2n) is 5.76. The van der Waals surface area contributed by atoms with Crippen molar-refractivity contribution in [2.24, 2.45) is 5.92 Å². The van der Waals surface area contributed by atoms with Crippen LogP contribution in [-0.4, -0.2) is 24.5 Å². The smallest absolute Gasteiger partial charge is 0.234 e. The van der Waals surface area contributed by atoms with Crippen LogP contribution < -0.4 is 10.6 Å². The fraction of sp³-hybridized carbons (Fsp3) is 0.929. The van der Waals surface area contributed by atoms with Crippen LogP contribution in [0.4, 0.5) is 0 Å². The van der Waals surface area contributed by atoms with Crippen molar-refractivity contribution >= 4 is 5.91 Å². The van der Waals surface area contributed by atoms with Gasteiger partial charge in [0, 0.05) is 12.1 Å². The molecule has 0 radical (unpaired) electrons. The maximum absolute atomic E-state index is 11.8. The third-order valence-electron chi connectivity index (χ3n) is 4.40. The highest BCUT2D eigenvalue weighted by Crippen LogP contribution is 2.27. The van der Waals surface area contributed by atoms with Crippen molar-refractivity contribution in [3.63, 3.8) is 0 Å². The lowest BCUT2D eigenvalue weighted by Crippen LogP contribution is -2.43. The molecule has 0 unspecified atom stereocenters. The number of amides is 1. The number of nitrogens with one attached hydrogen (secondary N) is 2. The molecule has 2 N–H and O–H groups in total. The number of hydrogen-bond donors (Lipinski definition) is 2. The molecule has 98 valence electrons. The molecule has 2 fully saturated rings. The molecule has 17 heavy (non-hydrogen) atoms. The van der Waals surface area contributed by atoms with Crippen LogP contribution in [-0.2, 0) is 4.79 Å². The molecule has 2 rings (SSSR count). The molecule has 0 aromatic heterocycles. The molecule has 0 heterocycles. The van der Waals surface area contributed by atoms with Gasteiger partial charge in [-0.05, 0) is 38.5 Å². The SMILES string of the molecule is C[C@H](NC(=O)CNC1CCCC1)C1CCCC1. The van der Waals surface area contributed by atoms with Gasteiger partial charge in [-0.1, -0.05) is 25.7 Å². The summed E-state index contributed by atoms with van der Waals surface area (Å²) in [6, 6.07) is 0.943. The highest BCUT2D eigenvalue weighted by molar-refractivity contribution is 5.78. The van der Waals surface area contributed by atoms with E-state index in [0.717, 1.165) is 0 Å². The van der Waals surface area contributed by atoms with Crippen molar-refractivity contribution in [1.82, 2.24) is 10.6 Å². The van der Waals surface area contributed by atoms with Crippen molar-refractivity contribution in [1.29, 1.82) is 0 Å². The summed E-state index contributed by atoms with van der Waals surface area (Å²) in [5, 5.41) is 6.51. The van der Waals surface area contributed by atoms with Crippen molar-refractivity contribution < 1.29 is 4.79 Å². The molecule has 3 nitrogen and oxygen atoms in total. The Labute approximate surface area is 105 Å². The summed E-state index contributed by atoms with van der Waals surface area (Å²) < 4.78 is 0. The molecule has 0 bridgehead atoms. The molecule has 3 heteroatoms. The Kier molecular flexibility index (Phi) is 4.84. The third-order valence-corrected chi connectivity index (χ3v) is 4.40. The lowest BCUT2D eigenvalue weighted by atomic mass is 10.00. The molecule has 0 spiro atoms. The Morgan fingerprint density at radius 3 is 2.35 bits per heavy atom. The predicted octanol–water partition coefficient (Wildman–Crippen LogP) is 2.21. The van der Waals surface area contributed by atoms with Gasteiger partial charge < -0.3 is 10.6 Å². The third kappa shape index (κ3) is 3.98. The van der Waals surface area contributed by atoms with Crippen molar-refractivity contribution in [3.8, 4) is 0 Å². The van der Waals surface area contributed by atoms with Crippen LogP contribution in [0.25, 0.3) is 0 Å². The summed E-state index contributed by atoms with van der Waals surface area (Å²) in [5.41, 5.74) is 0. The first-order valence-corrected chi connectivity index (χ1v) is 7.28. The first kappa shape index (κ1) is 12.9. The zero-order valence-corrected chi connectivity index (χ0v) is 11.0. The van der Waals surface area contributed by atoms with Gasteiger partial charge in [0.05, 0.1) is 6.54 Å². The Balaban J connectivity index is 1.62. The van der Waals surface area contributed by atoms with E-state index in [1.807, 2.05) is 0 Å². The fourth-order valence-electron chi connectivity index (χ4n) is 3.25. The van der Waals surface area contributed by atoms with Crippen LogP contribution in [0.2, 0.25) is 0 Å². The Morgan fingerprint density at radius 2 is 1.71 bits per heavy atom. The van der Waals surface area contributed by atoms with E-state index in [1.54, 1.807) is 0 Å². The van der Waals surface area contributed by atoms with E-state index in [-0.39, 0.29) is 5.91 Å². The van der Waals surface area contributed by atoms with Gasteiger partial charge in [-0.2, -0.15) is 0 Å². The second kappa shape index (κ2) is 6.39. The molecule has 2 aliphatic rings. The predicted molar refractivity (Wildman–Crippen MR) is 69.8 cm³/mol. The molecular formula is C14H26N2O. The largest absolute Gasteiger partial charge is 0.352 e. The highest BCUT2D eigenvalue weighted by atomic mass is 16.1. The lowest BCUT2D eigenvalue weighted by Gasteiger charge is -2.21. The van der Waals surface area contributed by atoms with Gasteiger partial charge in [-0.25, -0.2) is 0 Å². The Morgan fingerprint density at radius 1 is 1.12 bits per heavy atom. The van der Waals surface area contributed by atoms with Gasteiger partial charge in [0.25, 0.3) is 0 Å². The number of rotatable bonds is 5. The van der Waals surface area contributed by atoms with Crippen molar-refractivity contribution in [2.45, 2.75) is 70.4 Å². The van der Waals surface area contributed by atoms with Gasteiger partial charge in [-0.15, -0.1) is 0 Å². The molecular weight excluding hydrogens is 212 g/mol.